The number of carbonyl (C=O) groups excluding carboxylic acids is 9. The van der Waals surface area contributed by atoms with Crippen LogP contribution < -0.4 is 66.2 Å². The summed E-state index contributed by atoms with van der Waals surface area (Å²) in [5.41, 5.74) is -2.46. The van der Waals surface area contributed by atoms with Gasteiger partial charge in [0.05, 0.1) is 23.8 Å². The number of aliphatic hydroxyl groups excluding tert-OH is 7. The lowest BCUT2D eigenvalue weighted by Crippen LogP contribution is -2.66. The van der Waals surface area contributed by atoms with Gasteiger partial charge in [0.2, 0.25) is 65.6 Å². The van der Waals surface area contributed by atoms with Gasteiger partial charge in [0.15, 0.2) is 29.1 Å². The van der Waals surface area contributed by atoms with Crippen LogP contribution in [0.1, 0.15) is 140 Å². The van der Waals surface area contributed by atoms with Crippen molar-refractivity contribution in [2.75, 3.05) is 54.0 Å². The number of benzene rings is 7. The lowest BCUT2D eigenvalue weighted by Gasteiger charge is -2.41. The zero-order chi connectivity index (χ0) is 92.2. The zero-order valence-electron chi connectivity index (χ0n) is 70.3. The predicted molar refractivity (Wildman–Crippen MR) is 454 cm³/mol. The molecule has 40 heteroatoms. The summed E-state index contributed by atoms with van der Waals surface area (Å²) in [7, 11) is 4.20. The number of hydrogen-bond acceptors (Lipinski definition) is 30. The minimum Gasteiger partial charge on any atom is -0.508 e. The number of fused-ring (bicyclic) bond motifs is 14. The number of nitrogens with zero attached hydrogens (tertiary/aromatic N) is 2. The Morgan fingerprint density at radius 3 is 1.90 bits per heavy atom. The Bertz CT molecular complexity index is 5410. The van der Waals surface area contributed by atoms with Crippen LogP contribution in [-0.2, 0) is 63.8 Å². The topological polar surface area (TPSA) is 553 Å². The average molecular weight is 1830 g/mol. The smallest absolute Gasteiger partial charge is 0.337 e. The number of ether oxygens (including phenoxy) is 8. The van der Waals surface area contributed by atoms with Gasteiger partial charge in [0.25, 0.3) is 0 Å². The number of aliphatic hydroxyl groups is 7. The number of amides is 8. The number of rotatable bonds is 18. The molecule has 16 rings (SSSR count). The van der Waals surface area contributed by atoms with Gasteiger partial charge in [0.1, 0.15) is 131 Å². The van der Waals surface area contributed by atoms with Gasteiger partial charge in [-0.1, -0.05) is 106 Å². The second-order valence-electron chi connectivity index (χ2n) is 33.1. The van der Waals surface area contributed by atoms with E-state index in [1.165, 1.54) is 60.5 Å². The standard InChI is InChI=1S/C89H100Cl2N10O28/c1-39(2)12-10-8-6-7-9-11-13-62(107)94-71-74(110)76(112)79(87(121)122-5)129-88(71)128-78-59-32-44-33-60(78)125-56-23-18-43(30-51(56)90)72(108)70-85(119)98-69(86(120)101-26-24-100(4)25-27-101)49-34-45(103)35-58(126-89-77(113)75(111)73(109)61(38-102)127-89)63(49)48-29-41(16-21-53(48)104)66(82(116)99-70)95-83(117)67(44)96-84(118)68-50-36-47(37-55(106)64(50)91)124-57-31-42(17-22-54(57)105)65(92-3)81(115)93-52(80(114)97-68)28-40-14-19-46(123-59)20-15-40/h14-23,29-37,39,52,61,65-77,79,88-89,92,102-106,108-113H,6-13,24-28,38H2,1-5H3,(H,93,115)(H,94,107)(H,95,117)(H,96,118)(H,97,114)(H,98,119)(H,99,116)/t52-,61-,65-,66-,67-,68+,69-,70+,71-,72-,73-,74-,75+,76+,77+,79+,88-,89+/m1/s1. The quantitative estimate of drug-likeness (QED) is 0.0427. The highest BCUT2D eigenvalue weighted by Crippen LogP contribution is 2.51. The van der Waals surface area contributed by atoms with Gasteiger partial charge in [-0.25, -0.2) is 4.79 Å². The summed E-state index contributed by atoms with van der Waals surface area (Å²) in [5.74, 6) is -16.3. The molecule has 688 valence electrons. The van der Waals surface area contributed by atoms with Gasteiger partial charge in [-0.05, 0) is 133 Å². The highest BCUT2D eigenvalue weighted by molar-refractivity contribution is 6.33. The number of phenolic OH excluding ortho intramolecular Hbond substituents is 4. The van der Waals surface area contributed by atoms with Crippen LogP contribution in [0.3, 0.4) is 0 Å². The first-order chi connectivity index (χ1) is 61.7. The number of nitrogens with one attached hydrogen (secondary N) is 8. The molecule has 3 saturated heterocycles. The van der Waals surface area contributed by atoms with Crippen molar-refractivity contribution in [1.82, 2.24) is 52.3 Å². The largest absolute Gasteiger partial charge is 0.508 e. The van der Waals surface area contributed by atoms with E-state index in [1.54, 1.807) is 7.05 Å². The summed E-state index contributed by atoms with van der Waals surface area (Å²) >= 11 is 14.4. The van der Waals surface area contributed by atoms with E-state index in [4.69, 9.17) is 61.1 Å². The second-order valence-corrected chi connectivity index (χ2v) is 33.9. The van der Waals surface area contributed by atoms with E-state index >= 15 is 28.8 Å². The summed E-state index contributed by atoms with van der Waals surface area (Å²) in [6.45, 7) is 3.93. The first-order valence-corrected chi connectivity index (χ1v) is 42.8. The van der Waals surface area contributed by atoms with Crippen molar-refractivity contribution >= 4 is 76.4 Å². The summed E-state index contributed by atoms with van der Waals surface area (Å²) in [4.78, 5) is 143. The van der Waals surface area contributed by atoms with Gasteiger partial charge >= 0.3 is 5.97 Å². The van der Waals surface area contributed by atoms with E-state index in [2.05, 4.69) is 56.4 Å². The van der Waals surface area contributed by atoms with Crippen molar-refractivity contribution in [3.05, 3.63) is 164 Å². The molecule has 0 aromatic heterocycles. The summed E-state index contributed by atoms with van der Waals surface area (Å²) in [5, 5.41) is 149. The van der Waals surface area contributed by atoms with Crippen molar-refractivity contribution in [1.29, 1.82) is 0 Å². The molecule has 9 aliphatic heterocycles. The Kier molecular flexibility index (Phi) is 28.9. The molecule has 0 radical (unpaired) electrons. The highest BCUT2D eigenvalue weighted by atomic mass is 35.5. The Morgan fingerprint density at radius 1 is 0.558 bits per heavy atom. The van der Waals surface area contributed by atoms with Crippen molar-refractivity contribution in [2.45, 2.75) is 181 Å². The molecule has 19 N–H and O–H groups in total. The maximum atomic E-state index is 16.9. The fourth-order valence-electron chi connectivity index (χ4n) is 16.5. The number of piperazine rings is 1. The van der Waals surface area contributed by atoms with Crippen LogP contribution in [0.25, 0.3) is 11.1 Å². The molecular weight excluding hydrogens is 1730 g/mol. The Labute approximate surface area is 748 Å². The number of esters is 1. The van der Waals surface area contributed by atoms with E-state index in [0.29, 0.717) is 24.3 Å². The number of aromatic hydroxyl groups is 4. The molecule has 18 atom stereocenters. The zero-order valence-corrected chi connectivity index (χ0v) is 71.9. The van der Waals surface area contributed by atoms with E-state index < -0.39 is 271 Å². The summed E-state index contributed by atoms with van der Waals surface area (Å²) < 4.78 is 50.1. The lowest BCUT2D eigenvalue weighted by atomic mass is 9.89. The number of unbranched alkanes of at least 4 members (excludes halogenated alkanes) is 5. The van der Waals surface area contributed by atoms with Crippen molar-refractivity contribution in [3.63, 3.8) is 0 Å². The van der Waals surface area contributed by atoms with Gasteiger partial charge in [0, 0.05) is 67.8 Å². The SMILES string of the molecule is CN[C@H]1C(=O)N[C@@H]2Cc3ccc(cc3)Oc3cc4cc(c3O[C@@H]3O[C@H](C(=O)OC)[C@@H](O)[C@H](O)[C@H]3NC(=O)CCCCCCCCC(C)C)Oc3ccc(cc3Cl)[C@@H](O)[C@@H]3NC(=O)[C@H](NC(=O)[C@@H]4NC(=O)[C@@H](NC2=O)c2cc(cc(O)c2Cl)Oc2cc1ccc2O)c1ccc(O)c(c1)-c1c(O[C@H]2O[C@H](CO)[C@@H](O)[C@H](O)[C@@H]2O)cc(O)cc1[C@H](C(=O)N1CCN(C)CC1)NC3=O. The maximum Gasteiger partial charge on any atom is 0.337 e. The minimum absolute atomic E-state index is 0.0198. The average Bonchev–Trinajstić information content (AvgIpc) is 0.750. The number of carbonyl (C=O) groups is 9. The van der Waals surface area contributed by atoms with Gasteiger partial charge in [-0.15, -0.1) is 0 Å². The van der Waals surface area contributed by atoms with Crippen LogP contribution >= 0.6 is 23.2 Å². The van der Waals surface area contributed by atoms with Crippen LogP contribution in [0.2, 0.25) is 10.0 Å². The fourth-order valence-corrected chi connectivity index (χ4v) is 17.0. The van der Waals surface area contributed by atoms with Crippen molar-refractivity contribution < 1.29 is 137 Å². The first-order valence-electron chi connectivity index (χ1n) is 42.0. The molecule has 38 nitrogen and oxygen atoms in total. The van der Waals surface area contributed by atoms with Crippen molar-refractivity contribution in [3.8, 4) is 80.1 Å². The molecule has 7 aromatic rings. The molecule has 7 aromatic carbocycles. The van der Waals surface area contributed by atoms with Crippen LogP contribution in [0.5, 0.6) is 69.0 Å². The molecule has 9 heterocycles. The Morgan fingerprint density at radius 2 is 1.20 bits per heavy atom. The van der Waals surface area contributed by atoms with E-state index in [-0.39, 0.29) is 61.0 Å². The summed E-state index contributed by atoms with van der Waals surface area (Å²) in [6.07, 6.45) is -15.4. The Balaban J connectivity index is 0.995. The third kappa shape index (κ3) is 20.4. The lowest BCUT2D eigenvalue weighted by molar-refractivity contribution is -0.277. The molecule has 0 aliphatic carbocycles. The molecule has 0 saturated carbocycles. The van der Waals surface area contributed by atoms with Gasteiger partial charge < -0.3 is 146 Å². The monoisotopic (exact) mass is 1830 g/mol. The Hall–Kier alpha value is -11.9. The van der Waals surface area contributed by atoms with Crippen LogP contribution in [-0.4, -0.2) is 247 Å². The maximum absolute atomic E-state index is 16.9. The van der Waals surface area contributed by atoms with Crippen LogP contribution in [0.15, 0.2) is 115 Å². The minimum atomic E-state index is -2.43. The van der Waals surface area contributed by atoms with Crippen molar-refractivity contribution in [2.24, 2.45) is 5.92 Å². The molecule has 129 heavy (non-hydrogen) atoms. The molecule has 0 spiro atoms. The normalized spacial score (nSPS) is 26.6. The molecular formula is C89H100Cl2N10O28. The fraction of sp³-hybridized carbons (Fsp3) is 0.427. The predicted octanol–water partition coefficient (Wildman–Crippen LogP) is 3.96. The number of hydrogen-bond donors (Lipinski definition) is 19. The highest BCUT2D eigenvalue weighted by Gasteiger charge is 2.52. The second kappa shape index (κ2) is 40.0. The van der Waals surface area contributed by atoms with Crippen LogP contribution in [0, 0.1) is 5.92 Å². The van der Waals surface area contributed by atoms with E-state index in [0.717, 1.165) is 106 Å². The molecule has 3 fully saturated rings. The molecule has 9 aliphatic rings. The molecule has 17 bridgehead atoms. The van der Waals surface area contributed by atoms with Gasteiger partial charge in [-0.3, -0.25) is 38.4 Å². The van der Waals surface area contributed by atoms with Crippen LogP contribution in [0.4, 0.5) is 0 Å². The van der Waals surface area contributed by atoms with E-state index in [1.807, 2.05) is 4.90 Å². The summed E-state index contributed by atoms with van der Waals surface area (Å²) in [6, 6.07) is 6.31. The van der Waals surface area contributed by atoms with Gasteiger partial charge in [-0.2, -0.15) is 0 Å². The first kappa shape index (κ1) is 93.3. The third-order valence-electron chi connectivity index (χ3n) is 23.6. The number of methoxy groups -OCH3 is 1. The number of halogens is 2. The molecule has 0 unspecified atom stereocenters. The van der Waals surface area contributed by atoms with E-state index in [9.17, 15) is 70.6 Å². The number of phenols is 4. The number of likely N-dealkylation sites (N-methyl/N-ethyl adjacent to an activating group) is 2. The molecule has 8 amide bonds. The third-order valence-corrected chi connectivity index (χ3v) is 24.4.